The van der Waals surface area contributed by atoms with Gasteiger partial charge in [0.2, 0.25) is 0 Å². The predicted octanol–water partition coefficient (Wildman–Crippen LogP) is 3.84. The number of nitrogens with two attached hydrogens (primary N) is 1. The van der Waals surface area contributed by atoms with Gasteiger partial charge in [0.25, 0.3) is 0 Å². The maximum absolute atomic E-state index is 13.7. The molecule has 0 bridgehead atoms. The van der Waals surface area contributed by atoms with Crippen molar-refractivity contribution in [1.82, 2.24) is 4.98 Å². The molecule has 5 heteroatoms. The monoisotopic (exact) mass is 271 g/mol. The molecule has 1 aromatic heterocycles. The van der Waals surface area contributed by atoms with Gasteiger partial charge >= 0.3 is 0 Å². The molecule has 3 aromatic rings. The van der Waals surface area contributed by atoms with Crippen molar-refractivity contribution in [3.63, 3.8) is 0 Å². The van der Waals surface area contributed by atoms with Gasteiger partial charge in [-0.1, -0.05) is 6.07 Å². The topological polar surface area (TPSA) is 50.9 Å². The minimum Gasteiger partial charge on any atom is -0.397 e. The lowest BCUT2D eigenvalue weighted by Gasteiger charge is -2.11. The Bertz CT molecular complexity index is 787. The number of hydrogen-bond acceptors (Lipinski definition) is 3. The Balaban J connectivity index is 2.12. The third kappa shape index (κ3) is 2.03. The van der Waals surface area contributed by atoms with Crippen molar-refractivity contribution < 1.29 is 8.78 Å². The zero-order chi connectivity index (χ0) is 14.1. The molecule has 0 aliphatic heterocycles. The molecule has 3 N–H and O–H groups in total. The van der Waals surface area contributed by atoms with Crippen LogP contribution in [0.15, 0.2) is 48.7 Å². The van der Waals surface area contributed by atoms with Gasteiger partial charge in [0.15, 0.2) is 11.6 Å². The van der Waals surface area contributed by atoms with Gasteiger partial charge in [-0.25, -0.2) is 8.78 Å². The van der Waals surface area contributed by atoms with Crippen LogP contribution in [-0.2, 0) is 0 Å². The minimum atomic E-state index is -0.915. The zero-order valence-corrected chi connectivity index (χ0v) is 10.4. The molecule has 0 atom stereocenters. The summed E-state index contributed by atoms with van der Waals surface area (Å²) in [6.45, 7) is 0. The van der Waals surface area contributed by atoms with Crippen LogP contribution in [0.3, 0.4) is 0 Å². The summed E-state index contributed by atoms with van der Waals surface area (Å²) in [6, 6.07) is 10.9. The first-order valence-corrected chi connectivity index (χ1v) is 6.01. The van der Waals surface area contributed by atoms with Crippen LogP contribution in [0.5, 0.6) is 0 Å². The minimum absolute atomic E-state index is 0.0694. The molecular formula is C15H11F2N3. The zero-order valence-electron chi connectivity index (χ0n) is 10.4. The number of nitrogens with zero attached hydrogens (tertiary/aromatic N) is 1. The predicted molar refractivity (Wildman–Crippen MR) is 75.8 cm³/mol. The van der Waals surface area contributed by atoms with Crippen LogP contribution in [-0.4, -0.2) is 4.98 Å². The maximum Gasteiger partial charge on any atom is 0.182 e. The summed E-state index contributed by atoms with van der Waals surface area (Å²) in [6.07, 6.45) is 1.63. The van der Waals surface area contributed by atoms with Crippen molar-refractivity contribution in [1.29, 1.82) is 0 Å². The Morgan fingerprint density at radius 2 is 1.80 bits per heavy atom. The van der Waals surface area contributed by atoms with Crippen molar-refractivity contribution >= 4 is 28.0 Å². The number of aromatic nitrogens is 1. The first kappa shape index (κ1) is 12.3. The molecular weight excluding hydrogens is 260 g/mol. The molecule has 0 saturated carbocycles. The van der Waals surface area contributed by atoms with Gasteiger partial charge in [0, 0.05) is 17.3 Å². The highest BCUT2D eigenvalue weighted by atomic mass is 19.2. The van der Waals surface area contributed by atoms with E-state index in [1.807, 2.05) is 6.07 Å². The molecule has 0 fully saturated rings. The SMILES string of the molecule is Nc1ccc(Nc2cccc(F)c2F)c2cccnc12. The molecule has 3 rings (SSSR count). The Morgan fingerprint density at radius 1 is 0.950 bits per heavy atom. The van der Waals surface area contributed by atoms with E-state index in [4.69, 9.17) is 5.73 Å². The largest absolute Gasteiger partial charge is 0.397 e. The summed E-state index contributed by atoms with van der Waals surface area (Å²) < 4.78 is 26.9. The van der Waals surface area contributed by atoms with E-state index in [0.717, 1.165) is 11.5 Å². The van der Waals surface area contributed by atoms with E-state index in [0.29, 0.717) is 16.9 Å². The second-order valence-corrected chi connectivity index (χ2v) is 4.33. The van der Waals surface area contributed by atoms with Crippen LogP contribution < -0.4 is 11.1 Å². The third-order valence-electron chi connectivity index (χ3n) is 3.02. The molecule has 100 valence electrons. The Hall–Kier alpha value is -2.69. The number of hydrogen-bond donors (Lipinski definition) is 2. The fourth-order valence-electron chi connectivity index (χ4n) is 2.05. The van der Waals surface area contributed by atoms with Crippen molar-refractivity contribution in [2.45, 2.75) is 0 Å². The molecule has 0 unspecified atom stereocenters. The lowest BCUT2D eigenvalue weighted by molar-refractivity contribution is 0.512. The van der Waals surface area contributed by atoms with Crippen LogP contribution in [0.1, 0.15) is 0 Å². The van der Waals surface area contributed by atoms with Crippen molar-refractivity contribution in [3.05, 3.63) is 60.3 Å². The number of fused-ring (bicyclic) bond motifs is 1. The van der Waals surface area contributed by atoms with Crippen molar-refractivity contribution in [3.8, 4) is 0 Å². The van der Waals surface area contributed by atoms with Crippen LogP contribution in [0.25, 0.3) is 10.9 Å². The molecule has 3 nitrogen and oxygen atoms in total. The van der Waals surface area contributed by atoms with Gasteiger partial charge in [-0.3, -0.25) is 4.98 Å². The fourth-order valence-corrected chi connectivity index (χ4v) is 2.05. The van der Waals surface area contributed by atoms with E-state index in [9.17, 15) is 8.78 Å². The first-order chi connectivity index (χ1) is 9.66. The molecule has 0 aliphatic rings. The maximum atomic E-state index is 13.7. The normalized spacial score (nSPS) is 10.7. The highest BCUT2D eigenvalue weighted by molar-refractivity contribution is 5.99. The van der Waals surface area contributed by atoms with Crippen LogP contribution in [0, 0.1) is 11.6 Å². The first-order valence-electron chi connectivity index (χ1n) is 6.01. The summed E-state index contributed by atoms with van der Waals surface area (Å²) in [7, 11) is 0. The van der Waals surface area contributed by atoms with E-state index in [2.05, 4.69) is 10.3 Å². The average Bonchev–Trinajstić information content (AvgIpc) is 2.47. The van der Waals surface area contributed by atoms with Crippen LogP contribution in [0.2, 0.25) is 0 Å². The summed E-state index contributed by atoms with van der Waals surface area (Å²) in [5.41, 5.74) is 7.69. The molecule has 0 spiro atoms. The average molecular weight is 271 g/mol. The highest BCUT2D eigenvalue weighted by Gasteiger charge is 2.10. The summed E-state index contributed by atoms with van der Waals surface area (Å²) in [5.74, 6) is -1.81. The van der Waals surface area contributed by atoms with Crippen molar-refractivity contribution in [2.24, 2.45) is 0 Å². The quantitative estimate of drug-likeness (QED) is 0.696. The number of rotatable bonds is 2. The number of nitrogen functional groups attached to an aromatic ring is 1. The standard InChI is InChI=1S/C15H11F2N3/c16-10-4-1-5-13(14(10)17)20-12-7-6-11(18)15-9(12)3-2-8-19-15/h1-8,20H,18H2. The number of pyridine rings is 1. The van der Waals surface area contributed by atoms with E-state index in [1.54, 1.807) is 24.4 Å². The molecule has 0 aliphatic carbocycles. The number of benzene rings is 2. The molecule has 20 heavy (non-hydrogen) atoms. The third-order valence-corrected chi connectivity index (χ3v) is 3.02. The summed E-state index contributed by atoms with van der Waals surface area (Å²) >= 11 is 0. The lowest BCUT2D eigenvalue weighted by atomic mass is 10.1. The lowest BCUT2D eigenvalue weighted by Crippen LogP contribution is -1.98. The van der Waals surface area contributed by atoms with Gasteiger partial charge in [0.1, 0.15) is 0 Å². The smallest absolute Gasteiger partial charge is 0.182 e. The molecule has 2 aromatic carbocycles. The second-order valence-electron chi connectivity index (χ2n) is 4.33. The van der Waals surface area contributed by atoms with Crippen molar-refractivity contribution in [2.75, 3.05) is 11.1 Å². The Labute approximate surface area is 114 Å². The van der Waals surface area contributed by atoms with Gasteiger partial charge in [-0.15, -0.1) is 0 Å². The Kier molecular flexibility index (Phi) is 2.95. The summed E-state index contributed by atoms with van der Waals surface area (Å²) in [4.78, 5) is 4.19. The van der Waals surface area contributed by atoms with E-state index in [-0.39, 0.29) is 5.69 Å². The molecule has 0 radical (unpaired) electrons. The number of halogens is 2. The van der Waals surface area contributed by atoms with Gasteiger partial charge in [-0.2, -0.15) is 0 Å². The molecule has 0 amide bonds. The number of anilines is 3. The van der Waals surface area contributed by atoms with E-state index < -0.39 is 11.6 Å². The van der Waals surface area contributed by atoms with E-state index >= 15 is 0 Å². The van der Waals surface area contributed by atoms with E-state index in [1.165, 1.54) is 12.1 Å². The number of nitrogens with one attached hydrogen (secondary N) is 1. The van der Waals surface area contributed by atoms with Crippen LogP contribution >= 0.6 is 0 Å². The van der Waals surface area contributed by atoms with Crippen LogP contribution in [0.4, 0.5) is 25.8 Å². The fraction of sp³-hybridized carbons (Fsp3) is 0. The molecule has 0 saturated heterocycles. The van der Waals surface area contributed by atoms with Gasteiger partial charge in [0.05, 0.1) is 16.9 Å². The Morgan fingerprint density at radius 3 is 2.65 bits per heavy atom. The highest BCUT2D eigenvalue weighted by Crippen LogP contribution is 2.30. The van der Waals surface area contributed by atoms with Gasteiger partial charge < -0.3 is 11.1 Å². The van der Waals surface area contributed by atoms with Gasteiger partial charge in [-0.05, 0) is 36.4 Å². The summed E-state index contributed by atoms with van der Waals surface area (Å²) in [5, 5.41) is 3.62. The molecule has 1 heterocycles. The second kappa shape index (κ2) is 4.77.